The molecule has 0 aliphatic heterocycles. The number of nitrogens with one attached hydrogen (secondary N) is 1. The third kappa shape index (κ3) is 3.04. The molecule has 104 valence electrons. The first kappa shape index (κ1) is 13.8. The number of nitrogens with zero attached hydrogens (tertiary/aromatic N) is 1. The van der Waals surface area contributed by atoms with E-state index >= 15 is 0 Å². The van der Waals surface area contributed by atoms with Crippen LogP contribution in [-0.2, 0) is 4.79 Å². The molecule has 5 nitrogen and oxygen atoms in total. The van der Waals surface area contributed by atoms with Crippen LogP contribution in [0.3, 0.4) is 0 Å². The maximum atomic E-state index is 12.3. The number of ether oxygens (including phenoxy) is 1. The van der Waals surface area contributed by atoms with Crippen LogP contribution < -0.4 is 15.8 Å². The van der Waals surface area contributed by atoms with Gasteiger partial charge in [0.2, 0.25) is 11.8 Å². The Morgan fingerprint density at radius 3 is 2.74 bits per heavy atom. The maximum absolute atomic E-state index is 12.3. The van der Waals surface area contributed by atoms with Crippen molar-refractivity contribution in [2.75, 3.05) is 18.5 Å². The number of hydrogen-bond acceptors (Lipinski definition) is 4. The topological polar surface area (TPSA) is 77.2 Å². The second-order valence-corrected chi connectivity index (χ2v) is 4.96. The van der Waals surface area contributed by atoms with Gasteiger partial charge in [0.15, 0.2) is 0 Å². The average molecular weight is 263 g/mol. The van der Waals surface area contributed by atoms with Crippen molar-refractivity contribution in [2.24, 2.45) is 11.1 Å². The van der Waals surface area contributed by atoms with E-state index in [9.17, 15) is 4.79 Å². The maximum Gasteiger partial charge on any atom is 0.231 e. The number of amides is 1. The summed E-state index contributed by atoms with van der Waals surface area (Å²) in [5.74, 6) is 0.577. The van der Waals surface area contributed by atoms with Gasteiger partial charge in [-0.15, -0.1) is 0 Å². The van der Waals surface area contributed by atoms with Crippen LogP contribution in [0.4, 0.5) is 5.69 Å². The summed E-state index contributed by atoms with van der Waals surface area (Å²) in [5.41, 5.74) is 6.09. The Balaban J connectivity index is 2.02. The number of carbonyl (C=O) groups is 1. The Labute approximate surface area is 113 Å². The lowest BCUT2D eigenvalue weighted by Crippen LogP contribution is -2.40. The van der Waals surface area contributed by atoms with Crippen molar-refractivity contribution in [2.45, 2.75) is 32.6 Å². The Kier molecular flexibility index (Phi) is 4.37. The zero-order valence-electron chi connectivity index (χ0n) is 11.3. The number of aromatic nitrogens is 1. The second-order valence-electron chi connectivity index (χ2n) is 4.96. The molecule has 3 N–H and O–H groups in total. The molecule has 1 aromatic rings. The van der Waals surface area contributed by atoms with Crippen LogP contribution in [0, 0.1) is 5.41 Å². The van der Waals surface area contributed by atoms with E-state index in [2.05, 4.69) is 10.3 Å². The first-order valence-corrected chi connectivity index (χ1v) is 6.80. The number of carbonyl (C=O) groups excluding carboxylic acids is 1. The summed E-state index contributed by atoms with van der Waals surface area (Å²) in [5, 5.41) is 2.91. The number of rotatable bonds is 5. The molecule has 1 saturated carbocycles. The monoisotopic (exact) mass is 263 g/mol. The summed E-state index contributed by atoms with van der Waals surface area (Å²) >= 11 is 0. The summed E-state index contributed by atoms with van der Waals surface area (Å²) in [7, 11) is 0. The molecule has 1 amide bonds. The summed E-state index contributed by atoms with van der Waals surface area (Å²) < 4.78 is 5.26. The SMILES string of the molecule is CCOc1ccc(NC(=O)C2(CN)CCCC2)cn1. The van der Waals surface area contributed by atoms with Crippen molar-refractivity contribution in [3.8, 4) is 5.88 Å². The Bertz CT molecular complexity index is 425. The number of nitrogens with two attached hydrogens (primary N) is 1. The molecular weight excluding hydrogens is 242 g/mol. The Morgan fingerprint density at radius 2 is 2.21 bits per heavy atom. The molecule has 5 heteroatoms. The second kappa shape index (κ2) is 6.02. The molecule has 0 spiro atoms. The summed E-state index contributed by atoms with van der Waals surface area (Å²) in [6.07, 6.45) is 5.51. The van der Waals surface area contributed by atoms with Gasteiger partial charge in [0.1, 0.15) is 0 Å². The Morgan fingerprint density at radius 1 is 1.47 bits per heavy atom. The predicted octanol–water partition coefficient (Wildman–Crippen LogP) is 1.94. The fourth-order valence-corrected chi connectivity index (χ4v) is 2.53. The highest BCUT2D eigenvalue weighted by molar-refractivity contribution is 5.95. The third-order valence-electron chi connectivity index (χ3n) is 3.72. The van der Waals surface area contributed by atoms with E-state index in [1.54, 1.807) is 18.3 Å². The van der Waals surface area contributed by atoms with Gasteiger partial charge in [-0.2, -0.15) is 0 Å². The highest BCUT2D eigenvalue weighted by atomic mass is 16.5. The minimum absolute atomic E-state index is 0.0125. The van der Waals surface area contributed by atoms with E-state index in [1.165, 1.54) is 0 Å². The van der Waals surface area contributed by atoms with Crippen molar-refractivity contribution < 1.29 is 9.53 Å². The zero-order chi connectivity index (χ0) is 13.7. The summed E-state index contributed by atoms with van der Waals surface area (Å²) in [6.45, 7) is 2.89. The van der Waals surface area contributed by atoms with E-state index in [1.807, 2.05) is 6.92 Å². The molecular formula is C14H21N3O2. The molecule has 0 saturated heterocycles. The van der Waals surface area contributed by atoms with Gasteiger partial charge in [0.05, 0.1) is 23.9 Å². The lowest BCUT2D eigenvalue weighted by atomic mass is 9.85. The highest BCUT2D eigenvalue weighted by Gasteiger charge is 2.39. The van der Waals surface area contributed by atoms with E-state index in [0.29, 0.717) is 24.7 Å². The number of pyridine rings is 1. The van der Waals surface area contributed by atoms with Gasteiger partial charge in [-0.25, -0.2) is 4.98 Å². The smallest absolute Gasteiger partial charge is 0.231 e. The molecule has 1 fully saturated rings. The van der Waals surface area contributed by atoms with Crippen molar-refractivity contribution in [1.29, 1.82) is 0 Å². The molecule has 0 aromatic carbocycles. The van der Waals surface area contributed by atoms with Crippen LogP contribution in [0.5, 0.6) is 5.88 Å². The van der Waals surface area contributed by atoms with Crippen LogP contribution in [0.1, 0.15) is 32.6 Å². The fraction of sp³-hybridized carbons (Fsp3) is 0.571. The van der Waals surface area contributed by atoms with Gasteiger partial charge >= 0.3 is 0 Å². The molecule has 0 radical (unpaired) electrons. The van der Waals surface area contributed by atoms with Crippen LogP contribution in [0.25, 0.3) is 0 Å². The van der Waals surface area contributed by atoms with Crippen LogP contribution in [0.15, 0.2) is 18.3 Å². The largest absolute Gasteiger partial charge is 0.478 e. The lowest BCUT2D eigenvalue weighted by Gasteiger charge is -2.25. The molecule has 19 heavy (non-hydrogen) atoms. The van der Waals surface area contributed by atoms with Crippen molar-refractivity contribution in [3.05, 3.63) is 18.3 Å². The van der Waals surface area contributed by atoms with Gasteiger partial charge in [-0.05, 0) is 25.8 Å². The van der Waals surface area contributed by atoms with Crippen molar-refractivity contribution in [3.63, 3.8) is 0 Å². The molecule has 1 aliphatic carbocycles. The molecule has 1 aliphatic rings. The van der Waals surface area contributed by atoms with E-state index in [4.69, 9.17) is 10.5 Å². The van der Waals surface area contributed by atoms with E-state index < -0.39 is 5.41 Å². The van der Waals surface area contributed by atoms with Gasteiger partial charge < -0.3 is 15.8 Å². The van der Waals surface area contributed by atoms with Crippen molar-refractivity contribution >= 4 is 11.6 Å². The lowest BCUT2D eigenvalue weighted by molar-refractivity contribution is -0.124. The van der Waals surface area contributed by atoms with Crippen LogP contribution in [-0.4, -0.2) is 24.0 Å². The van der Waals surface area contributed by atoms with Crippen LogP contribution in [0.2, 0.25) is 0 Å². The number of hydrogen-bond donors (Lipinski definition) is 2. The molecule has 0 unspecified atom stereocenters. The van der Waals surface area contributed by atoms with Crippen LogP contribution >= 0.6 is 0 Å². The summed E-state index contributed by atoms with van der Waals surface area (Å²) in [6, 6.07) is 3.55. The first-order valence-electron chi connectivity index (χ1n) is 6.80. The number of anilines is 1. The molecule has 1 heterocycles. The van der Waals surface area contributed by atoms with Gasteiger partial charge in [-0.1, -0.05) is 12.8 Å². The predicted molar refractivity (Wildman–Crippen MR) is 74.0 cm³/mol. The van der Waals surface area contributed by atoms with Crippen molar-refractivity contribution in [1.82, 2.24) is 4.98 Å². The standard InChI is InChI=1S/C14H21N3O2/c1-2-19-12-6-5-11(9-16-12)17-13(18)14(10-15)7-3-4-8-14/h5-6,9H,2-4,7-8,10,15H2,1H3,(H,17,18). The minimum atomic E-state index is -0.390. The average Bonchev–Trinajstić information content (AvgIpc) is 2.91. The van der Waals surface area contributed by atoms with E-state index in [-0.39, 0.29) is 5.91 Å². The first-order chi connectivity index (χ1) is 9.20. The summed E-state index contributed by atoms with van der Waals surface area (Å²) in [4.78, 5) is 16.5. The molecule has 2 rings (SSSR count). The van der Waals surface area contributed by atoms with Gasteiger partial charge in [0, 0.05) is 12.6 Å². The Hall–Kier alpha value is -1.62. The molecule has 0 bridgehead atoms. The van der Waals surface area contributed by atoms with E-state index in [0.717, 1.165) is 25.7 Å². The van der Waals surface area contributed by atoms with Gasteiger partial charge in [-0.3, -0.25) is 4.79 Å². The highest BCUT2D eigenvalue weighted by Crippen LogP contribution is 2.38. The quantitative estimate of drug-likeness (QED) is 0.851. The third-order valence-corrected chi connectivity index (χ3v) is 3.72. The molecule has 0 atom stereocenters. The zero-order valence-corrected chi connectivity index (χ0v) is 11.3. The van der Waals surface area contributed by atoms with Gasteiger partial charge in [0.25, 0.3) is 0 Å². The normalized spacial score (nSPS) is 17.2. The minimum Gasteiger partial charge on any atom is -0.478 e. The fourth-order valence-electron chi connectivity index (χ4n) is 2.53. The molecule has 1 aromatic heterocycles.